The number of rotatable bonds is 6. The summed E-state index contributed by atoms with van der Waals surface area (Å²) in [5.74, 6) is -0.127. The van der Waals surface area contributed by atoms with E-state index in [4.69, 9.17) is 27.9 Å². The van der Waals surface area contributed by atoms with Crippen LogP contribution in [0.15, 0.2) is 66.9 Å². The molecule has 0 bridgehead atoms. The molecule has 2 aliphatic heterocycles. The number of hydrogen-bond donors (Lipinski definition) is 1. The normalized spacial score (nSPS) is 19.6. The van der Waals surface area contributed by atoms with Crippen molar-refractivity contribution in [3.05, 3.63) is 99.3 Å². The summed E-state index contributed by atoms with van der Waals surface area (Å²) in [7, 11) is 3.72. The molecule has 1 aromatic heterocycles. The number of β-amino-alcohol motifs (C(OH)–C–C–N with tert-alkyl or cyclic N) is 1. The molecule has 0 radical (unpaired) electrons. The van der Waals surface area contributed by atoms with Crippen molar-refractivity contribution < 1.29 is 14.6 Å². The third-order valence-electron chi connectivity index (χ3n) is 7.14. The number of nitrogens with zero attached hydrogens (tertiary/aromatic N) is 4. The standard InChI is InChI=1S/C24H31ClN4O3.C6H5Cl/c1-24(31,16-28-10-4-9-27(2)11-12-28)17-5-8-20-21(13-17)22(30)29(23(20)32-3)15-19-7-6-18(25)14-26-19;7-6-4-2-1-3-5-6/h5-8,13-14,23,31H,4,9-12,15-16H2,1-3H3;1-5H. The lowest BCUT2D eigenvalue weighted by atomic mass is 9.92. The highest BCUT2D eigenvalue weighted by atomic mass is 35.5. The number of ether oxygens (including phenoxy) is 1. The van der Waals surface area contributed by atoms with Crippen molar-refractivity contribution in [2.45, 2.75) is 31.7 Å². The van der Waals surface area contributed by atoms with Gasteiger partial charge in [0.05, 0.1) is 22.9 Å². The average molecular weight is 572 g/mol. The van der Waals surface area contributed by atoms with Gasteiger partial charge in [-0.2, -0.15) is 0 Å². The molecule has 3 heterocycles. The van der Waals surface area contributed by atoms with Crippen LogP contribution in [0, 0.1) is 0 Å². The van der Waals surface area contributed by atoms with E-state index in [0.29, 0.717) is 23.7 Å². The fourth-order valence-corrected chi connectivity index (χ4v) is 5.26. The van der Waals surface area contributed by atoms with E-state index in [-0.39, 0.29) is 5.91 Å². The topological polar surface area (TPSA) is 69.1 Å². The largest absolute Gasteiger partial charge is 0.384 e. The van der Waals surface area contributed by atoms with E-state index in [0.717, 1.165) is 54.4 Å². The molecule has 2 aliphatic rings. The Kier molecular flexibility index (Phi) is 9.99. The number of amides is 1. The van der Waals surface area contributed by atoms with Gasteiger partial charge >= 0.3 is 0 Å². The van der Waals surface area contributed by atoms with Crippen LogP contribution < -0.4 is 0 Å². The Balaban J connectivity index is 0.000000438. The summed E-state index contributed by atoms with van der Waals surface area (Å²) < 4.78 is 5.66. The number of carbonyl (C=O) groups is 1. The number of halogens is 2. The molecule has 208 valence electrons. The lowest BCUT2D eigenvalue weighted by Crippen LogP contribution is -2.40. The highest BCUT2D eigenvalue weighted by molar-refractivity contribution is 6.30. The molecule has 7 nitrogen and oxygen atoms in total. The van der Waals surface area contributed by atoms with Crippen LogP contribution in [-0.2, 0) is 16.9 Å². The van der Waals surface area contributed by atoms with Crippen molar-refractivity contribution in [1.82, 2.24) is 19.7 Å². The van der Waals surface area contributed by atoms with E-state index < -0.39 is 11.8 Å². The van der Waals surface area contributed by atoms with Crippen molar-refractivity contribution in [2.75, 3.05) is 46.9 Å². The molecule has 2 atom stereocenters. The Morgan fingerprint density at radius 3 is 2.44 bits per heavy atom. The lowest BCUT2D eigenvalue weighted by Gasteiger charge is -2.31. The quantitative estimate of drug-likeness (QED) is 0.438. The SMILES string of the molecule is COC1c2ccc(C(C)(O)CN3CCCN(C)CC3)cc2C(=O)N1Cc1ccc(Cl)cn1.Clc1ccccc1. The van der Waals surface area contributed by atoms with Gasteiger partial charge in [-0.05, 0) is 69.4 Å². The zero-order valence-corrected chi connectivity index (χ0v) is 24.2. The maximum absolute atomic E-state index is 13.3. The molecule has 5 rings (SSSR count). The van der Waals surface area contributed by atoms with Crippen molar-refractivity contribution >= 4 is 29.1 Å². The Morgan fingerprint density at radius 1 is 1.03 bits per heavy atom. The van der Waals surface area contributed by atoms with Crippen LogP contribution in [0.3, 0.4) is 0 Å². The van der Waals surface area contributed by atoms with Crippen LogP contribution in [-0.4, -0.2) is 77.6 Å². The van der Waals surface area contributed by atoms with Crippen LogP contribution in [0.2, 0.25) is 10.0 Å². The molecular formula is C30H36Cl2N4O3. The van der Waals surface area contributed by atoms with E-state index in [1.54, 1.807) is 30.3 Å². The van der Waals surface area contributed by atoms with Gasteiger partial charge in [0.1, 0.15) is 0 Å². The molecule has 0 aliphatic carbocycles. The number of methoxy groups -OCH3 is 1. The summed E-state index contributed by atoms with van der Waals surface area (Å²) in [6, 6.07) is 18.6. The third-order valence-corrected chi connectivity index (χ3v) is 7.61. The highest BCUT2D eigenvalue weighted by Crippen LogP contribution is 2.37. The van der Waals surface area contributed by atoms with E-state index in [2.05, 4.69) is 21.8 Å². The first-order valence-electron chi connectivity index (χ1n) is 13.1. The van der Waals surface area contributed by atoms with Crippen LogP contribution >= 0.6 is 23.2 Å². The smallest absolute Gasteiger partial charge is 0.256 e. The summed E-state index contributed by atoms with van der Waals surface area (Å²) in [5, 5.41) is 12.7. The second kappa shape index (κ2) is 13.2. The van der Waals surface area contributed by atoms with Crippen molar-refractivity contribution in [2.24, 2.45) is 0 Å². The number of hydrogen-bond acceptors (Lipinski definition) is 6. The Labute approximate surface area is 240 Å². The first-order chi connectivity index (χ1) is 18.7. The summed E-state index contributed by atoms with van der Waals surface area (Å²) in [5.41, 5.74) is 1.78. The van der Waals surface area contributed by atoms with Crippen LogP contribution in [0.1, 0.15) is 46.8 Å². The third kappa shape index (κ3) is 7.57. The lowest BCUT2D eigenvalue weighted by molar-refractivity contribution is -0.0167. The maximum atomic E-state index is 13.3. The minimum atomic E-state index is -1.06. The van der Waals surface area contributed by atoms with Gasteiger partial charge in [0.25, 0.3) is 5.91 Å². The molecule has 1 amide bonds. The van der Waals surface area contributed by atoms with E-state index >= 15 is 0 Å². The van der Waals surface area contributed by atoms with E-state index in [9.17, 15) is 9.90 Å². The van der Waals surface area contributed by atoms with E-state index in [1.807, 2.05) is 55.5 Å². The molecule has 1 N–H and O–H groups in total. The van der Waals surface area contributed by atoms with Gasteiger partial charge in [0.2, 0.25) is 0 Å². The fourth-order valence-electron chi connectivity index (χ4n) is 5.00. The van der Waals surface area contributed by atoms with Gasteiger partial charge in [0, 0.05) is 49.1 Å². The van der Waals surface area contributed by atoms with Crippen molar-refractivity contribution in [3.63, 3.8) is 0 Å². The van der Waals surface area contributed by atoms with Crippen molar-refractivity contribution in [3.8, 4) is 0 Å². The summed E-state index contributed by atoms with van der Waals surface area (Å²) in [6.07, 6.45) is 2.16. The van der Waals surface area contributed by atoms with Gasteiger partial charge in [-0.3, -0.25) is 14.7 Å². The Hall–Kier alpha value is -2.52. The van der Waals surface area contributed by atoms with Crippen LogP contribution in [0.4, 0.5) is 0 Å². The second-order valence-electron chi connectivity index (χ2n) is 10.3. The number of likely N-dealkylation sites (N-methyl/N-ethyl adjacent to an activating group) is 1. The fraction of sp³-hybridized carbons (Fsp3) is 0.400. The number of aliphatic hydroxyl groups is 1. The number of pyridine rings is 1. The highest BCUT2D eigenvalue weighted by Gasteiger charge is 2.39. The molecule has 3 aromatic rings. The predicted molar refractivity (Wildman–Crippen MR) is 155 cm³/mol. The molecule has 0 spiro atoms. The maximum Gasteiger partial charge on any atom is 0.256 e. The van der Waals surface area contributed by atoms with Gasteiger partial charge in [-0.15, -0.1) is 0 Å². The van der Waals surface area contributed by atoms with Gasteiger partial charge in [-0.1, -0.05) is 53.5 Å². The average Bonchev–Trinajstić information content (AvgIpc) is 3.03. The number of aromatic nitrogens is 1. The molecular weight excluding hydrogens is 535 g/mol. The molecule has 0 saturated carbocycles. The van der Waals surface area contributed by atoms with Crippen LogP contribution in [0.5, 0.6) is 0 Å². The first kappa shape index (κ1) is 29.5. The number of benzene rings is 2. The molecule has 39 heavy (non-hydrogen) atoms. The zero-order chi connectivity index (χ0) is 28.0. The minimum Gasteiger partial charge on any atom is -0.384 e. The second-order valence-corrected chi connectivity index (χ2v) is 11.2. The molecule has 2 unspecified atom stereocenters. The molecule has 9 heteroatoms. The Bertz CT molecular complexity index is 1240. The molecule has 2 aromatic carbocycles. The summed E-state index contributed by atoms with van der Waals surface area (Å²) in [4.78, 5) is 23.9. The predicted octanol–water partition coefficient (Wildman–Crippen LogP) is 5.22. The number of fused-ring (bicyclic) bond motifs is 1. The summed E-state index contributed by atoms with van der Waals surface area (Å²) in [6.45, 7) is 6.61. The molecule has 1 saturated heterocycles. The summed E-state index contributed by atoms with van der Waals surface area (Å²) >= 11 is 11.5. The minimum absolute atomic E-state index is 0.127. The van der Waals surface area contributed by atoms with Gasteiger partial charge in [-0.25, -0.2) is 0 Å². The first-order valence-corrected chi connectivity index (χ1v) is 13.9. The van der Waals surface area contributed by atoms with Gasteiger partial charge in [0.15, 0.2) is 6.23 Å². The van der Waals surface area contributed by atoms with Crippen LogP contribution in [0.25, 0.3) is 0 Å². The Morgan fingerprint density at radius 2 is 1.79 bits per heavy atom. The zero-order valence-electron chi connectivity index (χ0n) is 22.7. The van der Waals surface area contributed by atoms with Gasteiger partial charge < -0.3 is 19.6 Å². The van der Waals surface area contributed by atoms with E-state index in [1.165, 1.54) is 0 Å². The van der Waals surface area contributed by atoms with Crippen molar-refractivity contribution in [1.29, 1.82) is 0 Å². The monoisotopic (exact) mass is 570 g/mol. The number of carbonyl (C=O) groups excluding carboxylic acids is 1. The molecule has 1 fully saturated rings.